The van der Waals surface area contributed by atoms with E-state index in [9.17, 15) is 4.79 Å². The minimum atomic E-state index is -0.0798. The Morgan fingerprint density at radius 1 is 1.35 bits per heavy atom. The number of aromatic amines is 1. The highest BCUT2D eigenvalue weighted by molar-refractivity contribution is 5.33. The van der Waals surface area contributed by atoms with Gasteiger partial charge in [0.2, 0.25) is 5.95 Å². The Bertz CT molecular complexity index is 684. The van der Waals surface area contributed by atoms with Gasteiger partial charge in [-0.05, 0) is 18.4 Å². The zero-order chi connectivity index (χ0) is 16.1. The number of aryl methyl sites for hydroxylation is 1. The number of aromatic nitrogens is 2. The molecule has 5 heteroatoms. The van der Waals surface area contributed by atoms with Gasteiger partial charge in [0.25, 0.3) is 5.56 Å². The topological polar surface area (TPSA) is 58.2 Å². The summed E-state index contributed by atoms with van der Waals surface area (Å²) in [5.41, 5.74) is 1.94. The molecule has 122 valence electrons. The van der Waals surface area contributed by atoms with Crippen molar-refractivity contribution in [1.82, 2.24) is 9.97 Å². The zero-order valence-corrected chi connectivity index (χ0v) is 13.5. The molecule has 1 aliphatic rings. The van der Waals surface area contributed by atoms with E-state index in [-0.39, 0.29) is 11.7 Å². The highest BCUT2D eigenvalue weighted by Gasteiger charge is 2.23. The molecule has 1 N–H and O–H groups in total. The smallest absolute Gasteiger partial charge is 0.252 e. The van der Waals surface area contributed by atoms with E-state index in [1.165, 1.54) is 0 Å². The van der Waals surface area contributed by atoms with Gasteiger partial charge in [0.15, 0.2) is 0 Å². The number of morpholine rings is 1. The summed E-state index contributed by atoms with van der Waals surface area (Å²) in [5, 5.41) is 0. The fraction of sp³-hybridized carbons (Fsp3) is 0.444. The van der Waals surface area contributed by atoms with Gasteiger partial charge in [-0.2, -0.15) is 0 Å². The predicted octanol–water partition coefficient (Wildman–Crippen LogP) is 2.69. The maximum atomic E-state index is 11.9. The second-order valence-electron chi connectivity index (χ2n) is 5.88. The number of anilines is 1. The van der Waals surface area contributed by atoms with Crippen LogP contribution in [0.15, 0.2) is 41.2 Å². The van der Waals surface area contributed by atoms with Crippen molar-refractivity contribution in [1.29, 1.82) is 0 Å². The van der Waals surface area contributed by atoms with E-state index in [0.29, 0.717) is 19.1 Å². The van der Waals surface area contributed by atoms with Gasteiger partial charge in [-0.15, -0.1) is 0 Å². The number of ether oxygens (including phenoxy) is 1. The summed E-state index contributed by atoms with van der Waals surface area (Å²) in [6, 6.07) is 11.8. The van der Waals surface area contributed by atoms with E-state index >= 15 is 0 Å². The Hall–Kier alpha value is -2.14. The Morgan fingerprint density at radius 2 is 2.17 bits per heavy atom. The van der Waals surface area contributed by atoms with Crippen LogP contribution in [-0.2, 0) is 11.2 Å². The summed E-state index contributed by atoms with van der Waals surface area (Å²) in [6.07, 6.45) is 3.00. The SMILES string of the molecule is CCCCc1cc(=O)[nH]c(N2CCOC(c3ccccc3)C2)n1. The van der Waals surface area contributed by atoms with Crippen molar-refractivity contribution >= 4 is 5.95 Å². The molecule has 1 aromatic heterocycles. The molecule has 0 aliphatic carbocycles. The molecule has 5 nitrogen and oxygen atoms in total. The van der Waals surface area contributed by atoms with Crippen molar-refractivity contribution in [3.8, 4) is 0 Å². The lowest BCUT2D eigenvalue weighted by molar-refractivity contribution is 0.0392. The van der Waals surface area contributed by atoms with Crippen molar-refractivity contribution < 1.29 is 4.74 Å². The Labute approximate surface area is 136 Å². The Morgan fingerprint density at radius 3 is 2.96 bits per heavy atom. The van der Waals surface area contributed by atoms with Crippen molar-refractivity contribution in [2.45, 2.75) is 32.3 Å². The molecule has 2 heterocycles. The number of H-pyrrole nitrogens is 1. The van der Waals surface area contributed by atoms with Gasteiger partial charge in [0, 0.05) is 18.3 Å². The number of nitrogens with one attached hydrogen (secondary N) is 1. The first kappa shape index (κ1) is 15.7. The number of rotatable bonds is 5. The average molecular weight is 313 g/mol. The largest absolute Gasteiger partial charge is 0.370 e. The normalized spacial score (nSPS) is 18.1. The lowest BCUT2D eigenvalue weighted by Crippen LogP contribution is -2.40. The third kappa shape index (κ3) is 3.99. The molecule has 1 atom stereocenters. The molecule has 1 unspecified atom stereocenters. The van der Waals surface area contributed by atoms with E-state index in [1.54, 1.807) is 6.07 Å². The van der Waals surface area contributed by atoms with Crippen LogP contribution < -0.4 is 10.5 Å². The van der Waals surface area contributed by atoms with Crippen molar-refractivity contribution in [3.63, 3.8) is 0 Å². The van der Waals surface area contributed by atoms with Crippen LogP contribution >= 0.6 is 0 Å². The third-order valence-electron chi connectivity index (χ3n) is 4.11. The van der Waals surface area contributed by atoms with Gasteiger partial charge in [0.05, 0.1) is 13.2 Å². The molecule has 1 aliphatic heterocycles. The lowest BCUT2D eigenvalue weighted by Gasteiger charge is -2.33. The molecule has 2 aromatic rings. The first-order valence-electron chi connectivity index (χ1n) is 8.28. The first-order valence-corrected chi connectivity index (χ1v) is 8.28. The van der Waals surface area contributed by atoms with Crippen LogP contribution in [0.2, 0.25) is 0 Å². The van der Waals surface area contributed by atoms with Gasteiger partial charge in [-0.25, -0.2) is 4.98 Å². The van der Waals surface area contributed by atoms with Gasteiger partial charge < -0.3 is 9.64 Å². The highest BCUT2D eigenvalue weighted by atomic mass is 16.5. The minimum Gasteiger partial charge on any atom is -0.370 e. The van der Waals surface area contributed by atoms with Crippen molar-refractivity contribution in [2.24, 2.45) is 0 Å². The number of hydrogen-bond donors (Lipinski definition) is 1. The van der Waals surface area contributed by atoms with Crippen molar-refractivity contribution in [2.75, 3.05) is 24.6 Å². The Kier molecular flexibility index (Phi) is 5.08. The summed E-state index contributed by atoms with van der Waals surface area (Å²) in [5.74, 6) is 0.660. The second-order valence-corrected chi connectivity index (χ2v) is 5.88. The predicted molar refractivity (Wildman–Crippen MR) is 90.8 cm³/mol. The van der Waals surface area contributed by atoms with Gasteiger partial charge in [-0.1, -0.05) is 43.7 Å². The average Bonchev–Trinajstić information content (AvgIpc) is 2.60. The highest BCUT2D eigenvalue weighted by Crippen LogP contribution is 2.23. The standard InChI is InChI=1S/C18H23N3O2/c1-2-3-9-15-12-17(22)20-18(19-15)21-10-11-23-16(13-21)14-7-5-4-6-8-14/h4-8,12,16H,2-3,9-11,13H2,1H3,(H,19,20,22). The summed E-state index contributed by atoms with van der Waals surface area (Å²) in [6.45, 7) is 4.21. The van der Waals surface area contributed by atoms with Gasteiger partial charge >= 0.3 is 0 Å². The van der Waals surface area contributed by atoms with Crippen LogP contribution in [0.4, 0.5) is 5.95 Å². The molecule has 0 saturated carbocycles. The van der Waals surface area contributed by atoms with E-state index in [1.807, 2.05) is 18.2 Å². The summed E-state index contributed by atoms with van der Waals surface area (Å²) in [7, 11) is 0. The molecule has 1 aromatic carbocycles. The van der Waals surface area contributed by atoms with Crippen LogP contribution in [0.5, 0.6) is 0 Å². The molecular weight excluding hydrogens is 290 g/mol. The maximum Gasteiger partial charge on any atom is 0.252 e. The monoisotopic (exact) mass is 313 g/mol. The lowest BCUT2D eigenvalue weighted by atomic mass is 10.1. The number of hydrogen-bond acceptors (Lipinski definition) is 4. The van der Waals surface area contributed by atoms with Gasteiger partial charge in [-0.3, -0.25) is 9.78 Å². The minimum absolute atomic E-state index is 0.00884. The molecule has 0 bridgehead atoms. The van der Waals surface area contributed by atoms with E-state index < -0.39 is 0 Å². The molecule has 0 amide bonds. The fourth-order valence-electron chi connectivity index (χ4n) is 2.84. The first-order chi connectivity index (χ1) is 11.3. The van der Waals surface area contributed by atoms with Crippen LogP contribution in [0.1, 0.15) is 37.1 Å². The number of benzene rings is 1. The summed E-state index contributed by atoms with van der Waals surface area (Å²) >= 11 is 0. The molecular formula is C18H23N3O2. The maximum absolute atomic E-state index is 11.9. The third-order valence-corrected chi connectivity index (χ3v) is 4.11. The van der Waals surface area contributed by atoms with E-state index in [0.717, 1.165) is 37.1 Å². The molecule has 23 heavy (non-hydrogen) atoms. The quantitative estimate of drug-likeness (QED) is 0.922. The van der Waals surface area contributed by atoms with Gasteiger partial charge in [0.1, 0.15) is 6.10 Å². The van der Waals surface area contributed by atoms with Crippen LogP contribution in [-0.4, -0.2) is 29.7 Å². The van der Waals surface area contributed by atoms with E-state index in [4.69, 9.17) is 4.74 Å². The molecule has 1 saturated heterocycles. The van der Waals surface area contributed by atoms with Crippen LogP contribution in [0, 0.1) is 0 Å². The zero-order valence-electron chi connectivity index (χ0n) is 13.5. The summed E-state index contributed by atoms with van der Waals surface area (Å²) < 4.78 is 5.88. The molecule has 0 radical (unpaired) electrons. The van der Waals surface area contributed by atoms with Crippen LogP contribution in [0.3, 0.4) is 0 Å². The van der Waals surface area contributed by atoms with E-state index in [2.05, 4.69) is 33.9 Å². The Balaban J connectivity index is 1.78. The number of unbranched alkanes of at least 4 members (excludes halogenated alkanes) is 1. The van der Waals surface area contributed by atoms with Crippen molar-refractivity contribution in [3.05, 3.63) is 58.0 Å². The fourth-order valence-corrected chi connectivity index (χ4v) is 2.84. The second kappa shape index (κ2) is 7.42. The number of nitrogens with zero attached hydrogens (tertiary/aromatic N) is 2. The molecule has 3 rings (SSSR count). The summed E-state index contributed by atoms with van der Waals surface area (Å²) in [4.78, 5) is 21.5. The molecule has 0 spiro atoms. The van der Waals surface area contributed by atoms with Crippen LogP contribution in [0.25, 0.3) is 0 Å². The molecule has 1 fully saturated rings.